The number of nitrogens with one attached hydrogen (secondary N) is 1. The number of rotatable bonds is 0. The maximum Gasteiger partial charge on any atom is 0.228 e. The van der Waals surface area contributed by atoms with Gasteiger partial charge in [0, 0.05) is 11.6 Å². The molecule has 0 radical (unpaired) electrons. The van der Waals surface area contributed by atoms with Crippen molar-refractivity contribution >= 4 is 5.91 Å². The van der Waals surface area contributed by atoms with Crippen LogP contribution in [0.2, 0.25) is 0 Å². The number of carbonyl (C=O) groups excluding carboxylic acids is 1. The van der Waals surface area contributed by atoms with Crippen molar-refractivity contribution in [3.05, 3.63) is 12.3 Å². The Bertz CT molecular complexity index is 207. The van der Waals surface area contributed by atoms with E-state index in [0.717, 1.165) is 5.70 Å². The number of carbonyl (C=O) groups is 1. The summed E-state index contributed by atoms with van der Waals surface area (Å²) in [6.07, 6.45) is 0. The third-order valence-electron chi connectivity index (χ3n) is 2.77. The molecule has 2 unspecified atom stereocenters. The fraction of sp³-hybridized carbons (Fsp3) is 0.625. The SMILES string of the molecule is C=C1NC(=O)C2C1C2(C)C. The summed E-state index contributed by atoms with van der Waals surface area (Å²) in [4.78, 5) is 11.1. The second-order valence-electron chi connectivity index (χ2n) is 3.79. The molecule has 2 rings (SSSR count). The first-order chi connectivity index (χ1) is 4.55. The largest absolute Gasteiger partial charge is 0.330 e. The number of hydrogen-bond acceptors (Lipinski definition) is 1. The zero-order valence-corrected chi connectivity index (χ0v) is 6.27. The molecule has 0 bridgehead atoms. The number of hydrogen-bond donors (Lipinski definition) is 1. The Labute approximate surface area is 60.3 Å². The molecular weight excluding hydrogens is 126 g/mol. The highest BCUT2D eigenvalue weighted by Crippen LogP contribution is 2.63. The van der Waals surface area contributed by atoms with Crippen molar-refractivity contribution in [3.63, 3.8) is 0 Å². The zero-order chi connectivity index (χ0) is 7.52. The van der Waals surface area contributed by atoms with Crippen molar-refractivity contribution in [2.45, 2.75) is 13.8 Å². The highest BCUT2D eigenvalue weighted by atomic mass is 16.2. The Balaban J connectivity index is 2.34. The van der Waals surface area contributed by atoms with Crippen LogP contribution < -0.4 is 5.32 Å². The molecule has 1 aliphatic heterocycles. The van der Waals surface area contributed by atoms with Gasteiger partial charge in [-0.2, -0.15) is 0 Å². The van der Waals surface area contributed by atoms with E-state index in [1.165, 1.54) is 0 Å². The fourth-order valence-electron chi connectivity index (χ4n) is 2.09. The molecule has 2 fully saturated rings. The summed E-state index contributed by atoms with van der Waals surface area (Å²) in [5.74, 6) is 0.806. The molecule has 1 saturated heterocycles. The molecule has 1 amide bonds. The molecular formula is C8H11NO. The first-order valence-electron chi connectivity index (χ1n) is 3.55. The van der Waals surface area contributed by atoms with Gasteiger partial charge in [0.15, 0.2) is 0 Å². The minimum Gasteiger partial charge on any atom is -0.330 e. The average Bonchev–Trinajstić information content (AvgIpc) is 2.17. The van der Waals surface area contributed by atoms with Crippen molar-refractivity contribution in [2.75, 3.05) is 0 Å². The second kappa shape index (κ2) is 1.29. The van der Waals surface area contributed by atoms with Gasteiger partial charge >= 0.3 is 0 Å². The van der Waals surface area contributed by atoms with E-state index < -0.39 is 0 Å². The van der Waals surface area contributed by atoms with Gasteiger partial charge in [0.05, 0.1) is 5.92 Å². The quantitative estimate of drug-likeness (QED) is 0.528. The maximum absolute atomic E-state index is 11.1. The van der Waals surface area contributed by atoms with E-state index in [2.05, 4.69) is 25.7 Å². The molecule has 2 aliphatic rings. The maximum atomic E-state index is 11.1. The van der Waals surface area contributed by atoms with Crippen LogP contribution in [0.15, 0.2) is 12.3 Å². The predicted octanol–water partition coefficient (Wildman–Crippen LogP) is 0.902. The number of amides is 1. The first kappa shape index (κ1) is 5.96. The van der Waals surface area contributed by atoms with Gasteiger partial charge in [-0.1, -0.05) is 20.4 Å². The number of allylic oxidation sites excluding steroid dienone is 1. The molecule has 2 nitrogen and oxygen atoms in total. The first-order valence-corrected chi connectivity index (χ1v) is 3.55. The molecule has 2 atom stereocenters. The highest BCUT2D eigenvalue weighted by Gasteiger charge is 2.66. The van der Waals surface area contributed by atoms with Gasteiger partial charge in [-0.05, 0) is 5.41 Å². The van der Waals surface area contributed by atoms with Crippen LogP contribution in [-0.4, -0.2) is 5.91 Å². The van der Waals surface area contributed by atoms with Crippen molar-refractivity contribution in [2.24, 2.45) is 17.3 Å². The summed E-state index contributed by atoms with van der Waals surface area (Å²) < 4.78 is 0. The summed E-state index contributed by atoms with van der Waals surface area (Å²) in [6, 6.07) is 0. The van der Waals surface area contributed by atoms with E-state index in [0.29, 0.717) is 5.92 Å². The van der Waals surface area contributed by atoms with Gasteiger partial charge < -0.3 is 5.32 Å². The zero-order valence-electron chi connectivity index (χ0n) is 6.27. The van der Waals surface area contributed by atoms with Crippen molar-refractivity contribution in [1.29, 1.82) is 0 Å². The molecule has 54 valence electrons. The lowest BCUT2D eigenvalue weighted by Crippen LogP contribution is -2.22. The molecule has 0 aromatic heterocycles. The van der Waals surface area contributed by atoms with Crippen LogP contribution in [-0.2, 0) is 4.79 Å². The van der Waals surface area contributed by atoms with Crippen molar-refractivity contribution in [1.82, 2.24) is 5.32 Å². The van der Waals surface area contributed by atoms with Crippen LogP contribution in [0.3, 0.4) is 0 Å². The lowest BCUT2D eigenvalue weighted by Gasteiger charge is -2.08. The lowest BCUT2D eigenvalue weighted by atomic mass is 10.1. The molecule has 10 heavy (non-hydrogen) atoms. The van der Waals surface area contributed by atoms with Crippen LogP contribution >= 0.6 is 0 Å². The summed E-state index contributed by atoms with van der Waals surface area (Å²) in [5.41, 5.74) is 1.11. The van der Waals surface area contributed by atoms with E-state index in [1.54, 1.807) is 0 Å². The van der Waals surface area contributed by atoms with Gasteiger partial charge in [-0.25, -0.2) is 0 Å². The van der Waals surface area contributed by atoms with Gasteiger partial charge in [-0.15, -0.1) is 0 Å². The molecule has 1 N–H and O–H groups in total. The number of fused-ring (bicyclic) bond motifs is 1. The van der Waals surface area contributed by atoms with Gasteiger partial charge in [-0.3, -0.25) is 4.79 Å². The van der Waals surface area contributed by atoms with E-state index in [-0.39, 0.29) is 17.2 Å². The standard InChI is InChI=1S/C8H11NO/c1-4-5-6(7(10)9-4)8(5,2)3/h5-6H,1H2,2-3H3,(H,9,10). The van der Waals surface area contributed by atoms with Crippen LogP contribution in [0.5, 0.6) is 0 Å². The van der Waals surface area contributed by atoms with Crippen LogP contribution in [0.1, 0.15) is 13.8 Å². The molecule has 0 aromatic carbocycles. The summed E-state index contributed by atoms with van der Waals surface area (Å²) >= 11 is 0. The normalized spacial score (nSPS) is 41.0. The van der Waals surface area contributed by atoms with Crippen molar-refractivity contribution in [3.8, 4) is 0 Å². The van der Waals surface area contributed by atoms with Crippen LogP contribution in [0.4, 0.5) is 0 Å². The van der Waals surface area contributed by atoms with Gasteiger partial charge in [0.1, 0.15) is 0 Å². The summed E-state index contributed by atoms with van der Waals surface area (Å²) in [6.45, 7) is 8.03. The minimum absolute atomic E-state index is 0.167. The molecule has 1 heterocycles. The van der Waals surface area contributed by atoms with Crippen molar-refractivity contribution < 1.29 is 4.79 Å². The van der Waals surface area contributed by atoms with Gasteiger partial charge in [0.2, 0.25) is 5.91 Å². The third kappa shape index (κ3) is 0.437. The Morgan fingerprint density at radius 1 is 1.50 bits per heavy atom. The summed E-state index contributed by atoms with van der Waals surface area (Å²) in [7, 11) is 0. The van der Waals surface area contributed by atoms with Crippen LogP contribution in [0, 0.1) is 17.3 Å². The third-order valence-corrected chi connectivity index (χ3v) is 2.77. The molecule has 0 aromatic rings. The Morgan fingerprint density at radius 2 is 2.10 bits per heavy atom. The summed E-state index contributed by atoms with van der Waals surface area (Å²) in [5, 5.41) is 2.74. The topological polar surface area (TPSA) is 29.1 Å². The fourth-order valence-corrected chi connectivity index (χ4v) is 2.09. The van der Waals surface area contributed by atoms with Gasteiger partial charge in [0.25, 0.3) is 0 Å². The van der Waals surface area contributed by atoms with Crippen LogP contribution in [0.25, 0.3) is 0 Å². The van der Waals surface area contributed by atoms with E-state index >= 15 is 0 Å². The Hall–Kier alpha value is -0.790. The highest BCUT2D eigenvalue weighted by molar-refractivity contribution is 5.89. The number of piperidine rings is 1. The molecule has 1 aliphatic carbocycles. The van der Waals surface area contributed by atoms with E-state index in [1.807, 2.05) is 0 Å². The van der Waals surface area contributed by atoms with E-state index in [9.17, 15) is 4.79 Å². The van der Waals surface area contributed by atoms with E-state index in [4.69, 9.17) is 0 Å². The molecule has 0 spiro atoms. The Morgan fingerprint density at radius 3 is 2.30 bits per heavy atom. The second-order valence-corrected chi connectivity index (χ2v) is 3.79. The lowest BCUT2D eigenvalue weighted by molar-refractivity contribution is -0.121. The predicted molar refractivity (Wildman–Crippen MR) is 38.0 cm³/mol. The molecule has 2 heteroatoms. The monoisotopic (exact) mass is 137 g/mol. The average molecular weight is 137 g/mol. The molecule has 1 saturated carbocycles. The Kier molecular flexibility index (Phi) is 0.766. The minimum atomic E-state index is 0.167. The smallest absolute Gasteiger partial charge is 0.228 e.